The van der Waals surface area contributed by atoms with Gasteiger partial charge < -0.3 is 5.11 Å². The summed E-state index contributed by atoms with van der Waals surface area (Å²) in [6.07, 6.45) is 2.97. The van der Waals surface area contributed by atoms with E-state index < -0.39 is 5.83 Å². The van der Waals surface area contributed by atoms with Gasteiger partial charge in [0.15, 0.2) is 0 Å². The van der Waals surface area contributed by atoms with E-state index >= 15 is 0 Å². The predicted molar refractivity (Wildman–Crippen MR) is 81.5 cm³/mol. The molecule has 0 amide bonds. The fourth-order valence-corrected chi connectivity index (χ4v) is 2.33. The van der Waals surface area contributed by atoms with Gasteiger partial charge in [0.2, 0.25) is 0 Å². The number of fused-ring (bicyclic) bond motifs is 3. The van der Waals surface area contributed by atoms with Crippen molar-refractivity contribution in [3.05, 3.63) is 48.3 Å². The fraction of sp³-hybridized carbons (Fsp3) is 0.125. The Bertz CT molecular complexity index is 893. The van der Waals surface area contributed by atoms with Gasteiger partial charge in [-0.2, -0.15) is 0 Å². The molecule has 0 saturated carbocycles. The highest BCUT2D eigenvalue weighted by Crippen LogP contribution is 2.31. The van der Waals surface area contributed by atoms with Crippen LogP contribution >= 0.6 is 0 Å². The topological polar surface area (TPSA) is 50.9 Å². The largest absolute Gasteiger partial charge is 0.507 e. The summed E-state index contributed by atoms with van der Waals surface area (Å²) < 4.78 is 13.8. The number of hydrogen-bond donors (Lipinski definition) is 1. The van der Waals surface area contributed by atoms with Crippen LogP contribution in [0.25, 0.3) is 27.5 Å². The van der Waals surface area contributed by atoms with Crippen molar-refractivity contribution in [2.24, 2.45) is 0 Å². The average molecular weight is 283 g/mol. The summed E-state index contributed by atoms with van der Waals surface area (Å²) in [4.78, 5) is 1.26. The minimum atomic E-state index is -0.397. The Morgan fingerprint density at radius 3 is 2.52 bits per heavy atom. The monoisotopic (exact) mass is 283 g/mol. The number of phenols is 1. The van der Waals surface area contributed by atoms with Crippen molar-refractivity contribution in [2.75, 3.05) is 0 Å². The lowest BCUT2D eigenvalue weighted by molar-refractivity contribution is 0.482. The molecule has 0 fully saturated rings. The number of allylic oxidation sites excluding steroid dienone is 4. The van der Waals surface area contributed by atoms with Gasteiger partial charge in [-0.3, -0.25) is 0 Å². The van der Waals surface area contributed by atoms with E-state index in [2.05, 4.69) is 10.2 Å². The lowest BCUT2D eigenvalue weighted by atomic mass is 10.1. The Kier molecular flexibility index (Phi) is 3.17. The second-order valence-electron chi connectivity index (χ2n) is 4.61. The molecule has 0 atom stereocenters. The molecule has 1 N–H and O–H groups in total. The van der Waals surface area contributed by atoms with E-state index in [4.69, 9.17) is 0 Å². The first-order chi connectivity index (χ1) is 10.2. The van der Waals surface area contributed by atoms with E-state index in [9.17, 15) is 9.50 Å². The average Bonchev–Trinajstić information content (AvgIpc) is 2.91. The minimum Gasteiger partial charge on any atom is -0.507 e. The third kappa shape index (κ3) is 2.07. The van der Waals surface area contributed by atoms with Crippen LogP contribution < -0.4 is 0 Å². The van der Waals surface area contributed by atoms with Gasteiger partial charge in [0, 0.05) is 16.8 Å². The molecule has 3 rings (SSSR count). The Morgan fingerprint density at radius 2 is 1.86 bits per heavy atom. The van der Waals surface area contributed by atoms with E-state index in [0.29, 0.717) is 16.4 Å². The van der Waals surface area contributed by atoms with E-state index in [1.54, 1.807) is 26.0 Å². The first-order valence-electron chi connectivity index (χ1n) is 6.62. The van der Waals surface area contributed by atoms with Crippen LogP contribution in [-0.4, -0.2) is 20.1 Å². The summed E-state index contributed by atoms with van der Waals surface area (Å²) in [7, 11) is 0. The summed E-state index contributed by atoms with van der Waals surface area (Å²) in [5.41, 5.74) is 1.43. The number of nitrogens with zero attached hydrogens (tertiary/aromatic N) is 3. The van der Waals surface area contributed by atoms with Gasteiger partial charge in [-0.05, 0) is 19.9 Å². The van der Waals surface area contributed by atoms with Crippen molar-refractivity contribution in [2.45, 2.75) is 13.8 Å². The number of aromatic hydroxyl groups is 1. The first kappa shape index (κ1) is 13.3. The van der Waals surface area contributed by atoms with Gasteiger partial charge in [-0.25, -0.2) is 4.39 Å². The van der Waals surface area contributed by atoms with E-state index in [1.807, 2.05) is 24.3 Å². The Morgan fingerprint density at radius 1 is 1.14 bits per heavy atom. The minimum absolute atomic E-state index is 0.138. The normalized spacial score (nSPS) is 13.3. The summed E-state index contributed by atoms with van der Waals surface area (Å²) in [5, 5.41) is 20.2. The highest BCUT2D eigenvalue weighted by atomic mass is 19.1. The van der Waals surface area contributed by atoms with Gasteiger partial charge in [-0.15, -0.1) is 15.0 Å². The molecule has 21 heavy (non-hydrogen) atoms. The molecule has 1 aromatic heterocycles. The molecule has 0 radical (unpaired) electrons. The summed E-state index contributed by atoms with van der Waals surface area (Å²) in [6, 6.07) is 8.92. The standard InChI is InChI=1S/C16H14FN3O/c1-3-12(17)14(4-2)20-18-13-9-15(21)10-7-5-6-8-11(10)16(13)19-20/h3-9,21H,1-2H3/b12-3+,14-4+. The first-order valence-corrected chi connectivity index (χ1v) is 6.62. The van der Waals surface area contributed by atoms with Crippen molar-refractivity contribution >= 4 is 27.5 Å². The van der Waals surface area contributed by atoms with E-state index in [1.165, 1.54) is 10.9 Å². The van der Waals surface area contributed by atoms with Crippen LogP contribution in [-0.2, 0) is 0 Å². The SMILES string of the molecule is C/C=C(F)\C(=C/C)n1nc2cc(O)c3ccccc3c2n1. The van der Waals surface area contributed by atoms with Gasteiger partial charge >= 0.3 is 0 Å². The zero-order chi connectivity index (χ0) is 15.0. The highest BCUT2D eigenvalue weighted by molar-refractivity contribution is 6.06. The summed E-state index contributed by atoms with van der Waals surface area (Å²) >= 11 is 0. The number of rotatable bonds is 2. The van der Waals surface area contributed by atoms with Crippen molar-refractivity contribution < 1.29 is 9.50 Å². The summed E-state index contributed by atoms with van der Waals surface area (Å²) in [6.45, 7) is 3.34. The van der Waals surface area contributed by atoms with Crippen molar-refractivity contribution in [3.63, 3.8) is 0 Å². The highest BCUT2D eigenvalue weighted by Gasteiger charge is 2.14. The molecule has 0 unspecified atom stereocenters. The zero-order valence-corrected chi connectivity index (χ0v) is 11.7. The molecular weight excluding hydrogens is 269 g/mol. The molecule has 4 nitrogen and oxygen atoms in total. The van der Waals surface area contributed by atoms with Gasteiger partial charge in [0.25, 0.3) is 0 Å². The lowest BCUT2D eigenvalue weighted by Crippen LogP contribution is -2.01. The van der Waals surface area contributed by atoms with E-state index in [-0.39, 0.29) is 11.4 Å². The maximum Gasteiger partial charge on any atom is 0.146 e. The van der Waals surface area contributed by atoms with E-state index in [0.717, 1.165) is 5.39 Å². The number of aromatic nitrogens is 3. The van der Waals surface area contributed by atoms with Crippen LogP contribution in [0.15, 0.2) is 48.3 Å². The number of phenolic OH excluding ortho intramolecular Hbond substituents is 1. The Hall–Kier alpha value is -2.69. The van der Waals surface area contributed by atoms with Gasteiger partial charge in [0.1, 0.15) is 28.3 Å². The van der Waals surface area contributed by atoms with Crippen LogP contribution in [0, 0.1) is 0 Å². The van der Waals surface area contributed by atoms with Crippen molar-refractivity contribution in [3.8, 4) is 5.75 Å². The van der Waals surface area contributed by atoms with Crippen LogP contribution in [0.3, 0.4) is 0 Å². The molecule has 0 spiro atoms. The van der Waals surface area contributed by atoms with Gasteiger partial charge in [-0.1, -0.05) is 30.3 Å². The predicted octanol–water partition coefficient (Wildman–Crippen LogP) is 4.02. The zero-order valence-electron chi connectivity index (χ0n) is 11.7. The molecule has 0 saturated heterocycles. The lowest BCUT2D eigenvalue weighted by Gasteiger charge is -2.01. The molecule has 5 heteroatoms. The number of halogens is 1. The smallest absolute Gasteiger partial charge is 0.146 e. The number of benzene rings is 2. The van der Waals surface area contributed by atoms with Crippen molar-refractivity contribution in [1.82, 2.24) is 15.0 Å². The molecule has 3 aromatic rings. The fourth-order valence-electron chi connectivity index (χ4n) is 2.33. The molecule has 1 heterocycles. The summed E-state index contributed by atoms with van der Waals surface area (Å²) in [5.74, 6) is -0.259. The van der Waals surface area contributed by atoms with Crippen LogP contribution in [0.1, 0.15) is 13.8 Å². The van der Waals surface area contributed by atoms with Gasteiger partial charge in [0.05, 0.1) is 0 Å². The Labute approximate surface area is 120 Å². The second kappa shape index (κ2) is 5.01. The molecule has 2 aromatic carbocycles. The molecular formula is C16H14FN3O. The molecule has 106 valence electrons. The third-order valence-corrected chi connectivity index (χ3v) is 3.36. The maximum atomic E-state index is 13.8. The quantitative estimate of drug-likeness (QED) is 0.722. The maximum absolute atomic E-state index is 13.8. The molecule has 0 bridgehead atoms. The Balaban J connectivity index is 2.33. The second-order valence-corrected chi connectivity index (χ2v) is 4.61. The van der Waals surface area contributed by atoms with Crippen LogP contribution in [0.4, 0.5) is 4.39 Å². The number of hydrogen-bond acceptors (Lipinski definition) is 3. The molecule has 0 aliphatic carbocycles. The van der Waals surface area contributed by atoms with Crippen LogP contribution in [0.5, 0.6) is 5.75 Å². The molecule has 0 aliphatic rings. The molecule has 0 aliphatic heterocycles. The van der Waals surface area contributed by atoms with Crippen LogP contribution in [0.2, 0.25) is 0 Å². The third-order valence-electron chi connectivity index (χ3n) is 3.36. The van der Waals surface area contributed by atoms with Crippen molar-refractivity contribution in [1.29, 1.82) is 0 Å².